The molecule has 1 atom stereocenters. The van der Waals surface area contributed by atoms with Crippen molar-refractivity contribution in [2.75, 3.05) is 18.1 Å². The number of nitrogens with one attached hydrogen (secondary N) is 2. The summed E-state index contributed by atoms with van der Waals surface area (Å²) in [7, 11) is -3.07. The molecular weight excluding hydrogens is 352 g/mol. The Balaban J connectivity index is 1.80. The van der Waals surface area contributed by atoms with Crippen molar-refractivity contribution in [1.29, 1.82) is 0 Å². The summed E-state index contributed by atoms with van der Waals surface area (Å²) < 4.78 is 23.1. The molecule has 2 amide bonds. The van der Waals surface area contributed by atoms with Crippen LogP contribution < -0.4 is 10.6 Å². The average molecular weight is 381 g/mol. The summed E-state index contributed by atoms with van der Waals surface area (Å²) in [6.07, 6.45) is 0.537. The second kappa shape index (κ2) is 7.39. The zero-order chi connectivity index (χ0) is 19.6. The van der Waals surface area contributed by atoms with E-state index >= 15 is 0 Å². The molecular formula is C19H28N2O4S. The van der Waals surface area contributed by atoms with E-state index in [9.17, 15) is 18.0 Å². The predicted octanol–water partition coefficient (Wildman–Crippen LogP) is 1.80. The largest absolute Gasteiger partial charge is 0.352 e. The molecule has 0 spiro atoms. The van der Waals surface area contributed by atoms with Crippen molar-refractivity contribution in [3.63, 3.8) is 0 Å². The molecule has 0 saturated carbocycles. The normalized spacial score (nSPS) is 22.0. The quantitative estimate of drug-likeness (QED) is 0.815. The highest BCUT2D eigenvalue weighted by Crippen LogP contribution is 2.23. The van der Waals surface area contributed by atoms with Gasteiger partial charge in [0.15, 0.2) is 9.84 Å². The standard InChI is InChI=1S/C19H28N2O4S/c1-18(2,3)15-7-5-14(6-8-15)17(23)20-11-9-16(22)21-19(4)10-12-26(24,25)13-19/h5-8H,9-13H2,1-4H3,(H,20,23)(H,21,22)/t19-/m0/s1. The highest BCUT2D eigenvalue weighted by atomic mass is 32.2. The van der Waals surface area contributed by atoms with Gasteiger partial charge < -0.3 is 10.6 Å². The first-order valence-electron chi connectivity index (χ1n) is 8.80. The van der Waals surface area contributed by atoms with Gasteiger partial charge in [0.1, 0.15) is 0 Å². The van der Waals surface area contributed by atoms with Gasteiger partial charge in [-0.05, 0) is 36.5 Å². The fourth-order valence-electron chi connectivity index (χ4n) is 3.02. The average Bonchev–Trinajstić information content (AvgIpc) is 2.79. The topological polar surface area (TPSA) is 92.3 Å². The van der Waals surface area contributed by atoms with Gasteiger partial charge in [-0.1, -0.05) is 32.9 Å². The van der Waals surface area contributed by atoms with Gasteiger partial charge in [-0.3, -0.25) is 9.59 Å². The highest BCUT2D eigenvalue weighted by molar-refractivity contribution is 7.91. The van der Waals surface area contributed by atoms with Crippen LogP contribution in [0.25, 0.3) is 0 Å². The van der Waals surface area contributed by atoms with Gasteiger partial charge in [0.2, 0.25) is 5.91 Å². The molecule has 1 fully saturated rings. The predicted molar refractivity (Wildman–Crippen MR) is 102 cm³/mol. The number of amides is 2. The first-order chi connectivity index (χ1) is 11.9. The zero-order valence-corrected chi connectivity index (χ0v) is 16.7. The van der Waals surface area contributed by atoms with Gasteiger partial charge in [-0.2, -0.15) is 0 Å². The monoisotopic (exact) mass is 380 g/mol. The SMILES string of the molecule is CC(C)(C)c1ccc(C(=O)NCCC(=O)N[C@@]2(C)CCS(=O)(=O)C2)cc1. The molecule has 7 heteroatoms. The van der Waals surface area contributed by atoms with Gasteiger partial charge in [0, 0.05) is 18.5 Å². The molecule has 0 aliphatic carbocycles. The van der Waals surface area contributed by atoms with Crippen molar-refractivity contribution in [3.05, 3.63) is 35.4 Å². The van der Waals surface area contributed by atoms with E-state index in [1.165, 1.54) is 0 Å². The summed E-state index contributed by atoms with van der Waals surface area (Å²) in [5, 5.41) is 5.50. The zero-order valence-electron chi connectivity index (χ0n) is 15.9. The van der Waals surface area contributed by atoms with Crippen molar-refractivity contribution in [2.45, 2.75) is 51.5 Å². The Bertz CT molecular complexity index is 779. The first-order valence-corrected chi connectivity index (χ1v) is 10.6. The molecule has 1 heterocycles. The van der Waals surface area contributed by atoms with Gasteiger partial charge in [0.25, 0.3) is 5.91 Å². The second-order valence-electron chi connectivity index (χ2n) is 8.28. The number of carbonyl (C=O) groups is 2. The lowest BCUT2D eigenvalue weighted by Gasteiger charge is -2.23. The van der Waals surface area contributed by atoms with Gasteiger partial charge in [-0.15, -0.1) is 0 Å². The van der Waals surface area contributed by atoms with Crippen LogP contribution in [0.2, 0.25) is 0 Å². The Hall–Kier alpha value is -1.89. The smallest absolute Gasteiger partial charge is 0.251 e. The van der Waals surface area contributed by atoms with Crippen molar-refractivity contribution in [2.24, 2.45) is 0 Å². The number of hydrogen-bond acceptors (Lipinski definition) is 4. The summed E-state index contributed by atoms with van der Waals surface area (Å²) >= 11 is 0. The minimum Gasteiger partial charge on any atom is -0.352 e. The van der Waals surface area contributed by atoms with E-state index in [1.807, 2.05) is 12.1 Å². The molecule has 1 aromatic rings. The van der Waals surface area contributed by atoms with Gasteiger partial charge >= 0.3 is 0 Å². The summed E-state index contributed by atoms with van der Waals surface area (Å²) in [5.74, 6) is -0.413. The maximum atomic E-state index is 12.2. The summed E-state index contributed by atoms with van der Waals surface area (Å²) in [6, 6.07) is 7.42. The van der Waals surface area contributed by atoms with E-state index < -0.39 is 15.4 Å². The minimum atomic E-state index is -3.07. The Morgan fingerprint density at radius 3 is 2.27 bits per heavy atom. The molecule has 0 radical (unpaired) electrons. The van der Waals surface area contributed by atoms with Crippen LogP contribution in [0.3, 0.4) is 0 Å². The van der Waals surface area contributed by atoms with E-state index in [0.29, 0.717) is 12.0 Å². The summed E-state index contributed by atoms with van der Waals surface area (Å²) in [5.41, 5.74) is 1.01. The van der Waals surface area contributed by atoms with Crippen LogP contribution in [0.4, 0.5) is 0 Å². The maximum Gasteiger partial charge on any atom is 0.251 e. The molecule has 2 N–H and O–H groups in total. The van der Waals surface area contributed by atoms with Crippen LogP contribution in [-0.2, 0) is 20.0 Å². The second-order valence-corrected chi connectivity index (χ2v) is 10.5. The molecule has 0 unspecified atom stereocenters. The minimum absolute atomic E-state index is 0.0247. The molecule has 26 heavy (non-hydrogen) atoms. The maximum absolute atomic E-state index is 12.2. The fourth-order valence-corrected chi connectivity index (χ4v) is 5.11. The molecule has 144 valence electrons. The molecule has 1 aromatic carbocycles. The Morgan fingerprint density at radius 2 is 1.77 bits per heavy atom. The van der Waals surface area contributed by atoms with Crippen molar-refractivity contribution < 1.29 is 18.0 Å². The van der Waals surface area contributed by atoms with E-state index in [2.05, 4.69) is 31.4 Å². The van der Waals surface area contributed by atoms with Crippen LogP contribution >= 0.6 is 0 Å². The number of sulfone groups is 1. The number of carbonyl (C=O) groups excluding carboxylic acids is 2. The Labute approximate surface area is 155 Å². The van der Waals surface area contributed by atoms with E-state index in [-0.39, 0.29) is 41.7 Å². The van der Waals surface area contributed by atoms with Crippen LogP contribution in [0.5, 0.6) is 0 Å². The lowest BCUT2D eigenvalue weighted by Crippen LogP contribution is -2.47. The summed E-state index contributed by atoms with van der Waals surface area (Å²) in [4.78, 5) is 24.2. The van der Waals surface area contributed by atoms with Crippen LogP contribution in [0.1, 0.15) is 56.5 Å². The van der Waals surface area contributed by atoms with Crippen LogP contribution in [0.15, 0.2) is 24.3 Å². The molecule has 1 saturated heterocycles. The molecule has 0 aromatic heterocycles. The fraction of sp³-hybridized carbons (Fsp3) is 0.579. The van der Waals surface area contributed by atoms with Crippen LogP contribution in [0, 0.1) is 0 Å². The van der Waals surface area contributed by atoms with Crippen molar-refractivity contribution >= 4 is 21.7 Å². The molecule has 1 aliphatic heterocycles. The highest BCUT2D eigenvalue weighted by Gasteiger charge is 2.39. The number of hydrogen-bond donors (Lipinski definition) is 2. The number of rotatable bonds is 5. The van der Waals surface area contributed by atoms with Crippen molar-refractivity contribution in [1.82, 2.24) is 10.6 Å². The molecule has 0 bridgehead atoms. The lowest BCUT2D eigenvalue weighted by molar-refractivity contribution is -0.122. The first kappa shape index (κ1) is 20.4. The van der Waals surface area contributed by atoms with Gasteiger partial charge in [0.05, 0.1) is 17.0 Å². The van der Waals surface area contributed by atoms with E-state index in [0.717, 1.165) is 5.56 Å². The number of benzene rings is 1. The molecule has 1 aliphatic rings. The van der Waals surface area contributed by atoms with E-state index in [4.69, 9.17) is 0 Å². The van der Waals surface area contributed by atoms with Crippen LogP contribution in [-0.4, -0.2) is 43.8 Å². The van der Waals surface area contributed by atoms with Gasteiger partial charge in [-0.25, -0.2) is 8.42 Å². The third-order valence-corrected chi connectivity index (χ3v) is 6.50. The third kappa shape index (κ3) is 5.56. The molecule has 2 rings (SSSR count). The third-order valence-electron chi connectivity index (χ3n) is 4.60. The summed E-state index contributed by atoms with van der Waals surface area (Å²) in [6.45, 7) is 8.27. The Kier molecular flexibility index (Phi) is 5.80. The van der Waals surface area contributed by atoms with E-state index in [1.54, 1.807) is 19.1 Å². The van der Waals surface area contributed by atoms with Crippen molar-refractivity contribution in [3.8, 4) is 0 Å². The Morgan fingerprint density at radius 1 is 1.15 bits per heavy atom. The lowest BCUT2D eigenvalue weighted by atomic mass is 9.87. The molecule has 6 nitrogen and oxygen atoms in total.